The second-order valence-corrected chi connectivity index (χ2v) is 0.740. The van der Waals surface area contributed by atoms with Crippen LogP contribution < -0.4 is 34.8 Å². The maximum atomic E-state index is 8.64. The Kier molecular flexibility index (Phi) is 51.4. The van der Waals surface area contributed by atoms with Gasteiger partial charge in [0.15, 0.2) is 0 Å². The molecule has 0 N–H and O–H groups in total. The Bertz CT molecular complexity index is 52.5. The van der Waals surface area contributed by atoms with E-state index in [2.05, 4.69) is 21.7 Å². The molecular weight excluding hydrogens is 141 g/mol. The van der Waals surface area contributed by atoms with Gasteiger partial charge in [0.25, 0.3) is 6.47 Å². The summed E-state index contributed by atoms with van der Waals surface area (Å²) in [6.07, 6.45) is 0. The van der Waals surface area contributed by atoms with Gasteiger partial charge in [0.1, 0.15) is 0 Å². The van der Waals surface area contributed by atoms with Crippen LogP contribution in [0.1, 0.15) is 0 Å². The summed E-state index contributed by atoms with van der Waals surface area (Å²) in [6, 6.07) is 0. The van der Waals surface area contributed by atoms with Crippen LogP contribution in [0.2, 0.25) is 0 Å². The molecule has 8 heavy (non-hydrogen) atoms. The summed E-state index contributed by atoms with van der Waals surface area (Å²) in [4.78, 5) is 11.2. The van der Waals surface area contributed by atoms with E-state index in [1.807, 2.05) is 0 Å². The predicted molar refractivity (Wildman–Crippen MR) is 22.9 cm³/mol. The van der Waals surface area contributed by atoms with Crippen LogP contribution in [0.5, 0.6) is 0 Å². The molecule has 0 saturated carbocycles. The van der Waals surface area contributed by atoms with Gasteiger partial charge in [-0.1, -0.05) is 0 Å². The Morgan fingerprint density at radius 2 is 2.00 bits per heavy atom. The van der Waals surface area contributed by atoms with Crippen molar-refractivity contribution in [2.75, 3.05) is 7.05 Å². The van der Waals surface area contributed by atoms with Crippen molar-refractivity contribution >= 4 is 18.9 Å². The molecule has 0 saturated heterocycles. The van der Waals surface area contributed by atoms with Crippen molar-refractivity contribution in [3.8, 4) is 0 Å². The van der Waals surface area contributed by atoms with Crippen LogP contribution in [0.4, 0.5) is 0 Å². The van der Waals surface area contributed by atoms with Crippen molar-refractivity contribution in [2.45, 2.75) is 0 Å². The minimum Gasteiger partial charge on any atom is -0.662 e. The molecule has 0 aliphatic heterocycles. The van der Waals surface area contributed by atoms with Gasteiger partial charge in [-0.3, -0.25) is 4.79 Å². The van der Waals surface area contributed by atoms with Gasteiger partial charge in [-0.15, -0.1) is 0 Å². The molecule has 0 fully saturated rings. The van der Waals surface area contributed by atoms with E-state index in [4.69, 9.17) is 10.1 Å². The molecule has 0 aliphatic carbocycles. The minimum atomic E-state index is -0.181. The first-order valence-electron chi connectivity index (χ1n) is 1.27. The van der Waals surface area contributed by atoms with Gasteiger partial charge >= 0.3 is 29.6 Å². The molecule has 0 aromatic heterocycles. The summed E-state index contributed by atoms with van der Waals surface area (Å²) >= 11 is 4.02. The van der Waals surface area contributed by atoms with Gasteiger partial charge in [0.2, 0.25) is 0 Å². The monoisotopic (exact) mass is 145 g/mol. The molecule has 0 unspecified atom stereocenters. The van der Waals surface area contributed by atoms with Gasteiger partial charge in [-0.05, 0) is 0 Å². The second kappa shape index (κ2) is 26.0. The largest absolute Gasteiger partial charge is 1.00 e. The Hall–Kier alpha value is 0.450. The molecule has 0 rings (SSSR count). The Morgan fingerprint density at radius 3 is 2.00 bits per heavy atom. The number of hydrogen-bond donors (Lipinski definition) is 0. The van der Waals surface area contributed by atoms with E-state index in [1.54, 1.807) is 7.05 Å². The first kappa shape index (κ1) is 15.8. The third-order valence-electron chi connectivity index (χ3n) is 0.0393. The number of rotatable bonds is 1. The first-order chi connectivity index (χ1) is 3.33. The van der Waals surface area contributed by atoms with Crippen molar-refractivity contribution in [1.82, 2.24) is 0 Å². The van der Waals surface area contributed by atoms with E-state index in [9.17, 15) is 0 Å². The van der Waals surface area contributed by atoms with Crippen LogP contribution in [0.25, 0.3) is 0 Å². The Balaban J connectivity index is -0.0000000575. The summed E-state index contributed by atoms with van der Waals surface area (Å²) in [7, 11) is 1.56. The fraction of sp³-hybridized carbons (Fsp3) is 0.500. The Morgan fingerprint density at radius 1 is 1.88 bits per heavy atom. The van der Waals surface area contributed by atoms with E-state index >= 15 is 0 Å². The predicted octanol–water partition coefficient (Wildman–Crippen LogP) is -4.21. The van der Waals surface area contributed by atoms with Gasteiger partial charge in [-0.25, -0.2) is 4.36 Å². The van der Waals surface area contributed by atoms with Gasteiger partial charge < -0.3 is 10.1 Å². The third kappa shape index (κ3) is 91.1. The topological polar surface area (TPSA) is 61.7 Å². The van der Waals surface area contributed by atoms with E-state index in [1.165, 1.54) is 0 Å². The van der Waals surface area contributed by atoms with Crippen molar-refractivity contribution in [1.29, 1.82) is 0 Å². The molecule has 42 valence electrons. The zero-order chi connectivity index (χ0) is 6.12. The van der Waals surface area contributed by atoms with Gasteiger partial charge in [0.05, 0.1) is 0 Å². The molecule has 4 nitrogen and oxygen atoms in total. The van der Waals surface area contributed by atoms with Crippen LogP contribution in [-0.4, -0.2) is 13.5 Å². The summed E-state index contributed by atoms with van der Waals surface area (Å²) in [5.74, 6) is 0. The number of carbonyl (C=O) groups is 1. The molecule has 0 radical (unpaired) electrons. The molecule has 0 amide bonds. The maximum absolute atomic E-state index is 8.64. The minimum absolute atomic E-state index is 0. The third-order valence-corrected chi connectivity index (χ3v) is 0.0393. The zero-order valence-electron chi connectivity index (χ0n) is 4.66. The smallest absolute Gasteiger partial charge is 0.662 e. The van der Waals surface area contributed by atoms with Crippen molar-refractivity contribution in [3.63, 3.8) is 0 Å². The van der Waals surface area contributed by atoms with E-state index in [0.717, 1.165) is 0 Å². The standard InChI is InChI=1S/CH3NS.CH2O3.Na/c1-2-3;2-1-4-3;/h1H3;1,3H;/q;;+1/p-1. The quantitative estimate of drug-likeness (QED) is 0.162. The summed E-state index contributed by atoms with van der Waals surface area (Å²) < 4.78 is 3.08. The van der Waals surface area contributed by atoms with Gasteiger partial charge in [-0.2, -0.15) is 0 Å². The van der Waals surface area contributed by atoms with Crippen LogP contribution >= 0.6 is 0 Å². The van der Waals surface area contributed by atoms with E-state index in [0.29, 0.717) is 0 Å². The molecular formula is C2H4NNaO3S. The zero-order valence-corrected chi connectivity index (χ0v) is 7.47. The number of carbonyl (C=O) groups excluding carboxylic acids is 1. The molecule has 0 aromatic carbocycles. The molecule has 0 heterocycles. The SMILES string of the molecule is CN=S.O=CO[O-].[Na+]. The van der Waals surface area contributed by atoms with E-state index < -0.39 is 0 Å². The second-order valence-electron chi connectivity index (χ2n) is 0.375. The van der Waals surface area contributed by atoms with Crippen molar-refractivity contribution < 1.29 is 44.5 Å². The normalized spacial score (nSPS) is 4.25. The average Bonchev–Trinajstić information content (AvgIpc) is 1.69. The molecule has 6 heteroatoms. The van der Waals surface area contributed by atoms with Crippen LogP contribution in [-0.2, 0) is 22.1 Å². The fourth-order valence-corrected chi connectivity index (χ4v) is 0. The van der Waals surface area contributed by atoms with Crippen molar-refractivity contribution in [2.24, 2.45) is 4.36 Å². The molecule has 0 bridgehead atoms. The molecule has 0 aliphatic rings. The summed E-state index contributed by atoms with van der Waals surface area (Å²) in [6.45, 7) is -0.181. The average molecular weight is 145 g/mol. The number of nitrogens with zero attached hydrogens (tertiary/aromatic N) is 1. The van der Waals surface area contributed by atoms with Crippen LogP contribution in [0.15, 0.2) is 4.36 Å². The summed E-state index contributed by atoms with van der Waals surface area (Å²) in [5.41, 5.74) is 0. The molecule has 0 aromatic rings. The van der Waals surface area contributed by atoms with E-state index in [-0.39, 0.29) is 36.0 Å². The van der Waals surface area contributed by atoms with Crippen LogP contribution in [0, 0.1) is 0 Å². The first-order valence-corrected chi connectivity index (χ1v) is 1.63. The number of hydrogen-bond acceptors (Lipinski definition) is 5. The van der Waals surface area contributed by atoms with Gasteiger partial charge in [0, 0.05) is 19.5 Å². The van der Waals surface area contributed by atoms with Crippen LogP contribution in [0.3, 0.4) is 0 Å². The summed E-state index contributed by atoms with van der Waals surface area (Å²) in [5, 5.41) is 8.43. The molecule has 0 atom stereocenters. The molecule has 0 spiro atoms. The fourth-order valence-electron chi connectivity index (χ4n) is 0. The Labute approximate surface area is 74.6 Å². The van der Waals surface area contributed by atoms with Crippen molar-refractivity contribution in [3.05, 3.63) is 0 Å². The maximum Gasteiger partial charge on any atom is 1.00 e.